The van der Waals surface area contributed by atoms with Crippen LogP contribution in [0, 0.1) is 11.6 Å². The van der Waals surface area contributed by atoms with E-state index in [1.54, 1.807) is 7.05 Å². The zero-order valence-corrected chi connectivity index (χ0v) is 22.4. The van der Waals surface area contributed by atoms with E-state index in [0.29, 0.717) is 0 Å². The molecule has 206 valence electrons. The first-order valence-electron chi connectivity index (χ1n) is 11.5. The number of rotatable bonds is 7. The Morgan fingerprint density at radius 3 is 2.14 bits per heavy atom. The number of aromatic nitrogens is 3. The van der Waals surface area contributed by atoms with E-state index in [0.717, 1.165) is 12.1 Å². The Bertz CT molecular complexity index is 1220. The van der Waals surface area contributed by atoms with Crippen molar-refractivity contribution in [2.24, 2.45) is 7.05 Å². The van der Waals surface area contributed by atoms with Crippen molar-refractivity contribution in [1.29, 1.82) is 0 Å². The van der Waals surface area contributed by atoms with Gasteiger partial charge in [-0.2, -0.15) is 4.31 Å². The molecule has 1 saturated heterocycles. The average molecular weight is 588 g/mol. The maximum absolute atomic E-state index is 14.2. The number of benzene rings is 1. The minimum absolute atomic E-state index is 0. The fourth-order valence-electron chi connectivity index (χ4n) is 5.06. The second-order valence-corrected chi connectivity index (χ2v) is 11.7. The molecule has 0 amide bonds. The van der Waals surface area contributed by atoms with Crippen molar-refractivity contribution in [1.82, 2.24) is 24.2 Å². The standard InChI is InChI=1S/C22H26ClF4N5O3S.ClH/c1-30-14-19(28-29-30)36(34,35)32-10-8-31(9-11-32)21(4-6-22(26,27)7-5-21)3-2-18(33)20-16(24)12-15(23)13-17(20)25;/h12-14H,2-11H2,1H3;1H. The Labute approximate surface area is 223 Å². The first-order chi connectivity index (χ1) is 16.8. The van der Waals surface area contributed by atoms with E-state index in [1.165, 1.54) is 15.2 Å². The molecule has 0 unspecified atom stereocenters. The summed E-state index contributed by atoms with van der Waals surface area (Å²) in [6, 6.07) is 1.71. The highest BCUT2D eigenvalue weighted by atomic mass is 35.5. The first-order valence-corrected chi connectivity index (χ1v) is 13.3. The molecule has 2 aromatic rings. The monoisotopic (exact) mass is 587 g/mol. The van der Waals surface area contributed by atoms with Gasteiger partial charge in [0, 0.05) is 63.1 Å². The normalized spacial score (nSPS) is 20.4. The van der Waals surface area contributed by atoms with Gasteiger partial charge in [-0.25, -0.2) is 26.0 Å². The Balaban J connectivity index is 0.00000380. The van der Waals surface area contributed by atoms with Crippen molar-refractivity contribution in [3.05, 3.63) is 40.6 Å². The number of sulfonamides is 1. The molecule has 0 N–H and O–H groups in total. The third-order valence-corrected chi connectivity index (χ3v) is 9.09. The summed E-state index contributed by atoms with van der Waals surface area (Å²) in [6.45, 7) is 0.711. The number of piperazine rings is 1. The summed E-state index contributed by atoms with van der Waals surface area (Å²) < 4.78 is 84.9. The number of carbonyl (C=O) groups excluding carboxylic acids is 1. The summed E-state index contributed by atoms with van der Waals surface area (Å²) in [7, 11) is -2.31. The predicted molar refractivity (Wildman–Crippen MR) is 130 cm³/mol. The second-order valence-electron chi connectivity index (χ2n) is 9.37. The molecule has 1 aliphatic heterocycles. The molecule has 1 saturated carbocycles. The fourth-order valence-corrected chi connectivity index (χ4v) is 6.59. The number of hydrogen-bond acceptors (Lipinski definition) is 6. The summed E-state index contributed by atoms with van der Waals surface area (Å²) in [5.41, 5.74) is -1.52. The highest BCUT2D eigenvalue weighted by Gasteiger charge is 2.47. The lowest BCUT2D eigenvalue weighted by Gasteiger charge is -2.50. The summed E-state index contributed by atoms with van der Waals surface area (Å²) >= 11 is 5.64. The third kappa shape index (κ3) is 6.27. The van der Waals surface area contributed by atoms with E-state index >= 15 is 0 Å². The van der Waals surface area contributed by atoms with Crippen molar-refractivity contribution in [2.45, 2.75) is 55.0 Å². The minimum Gasteiger partial charge on any atom is -0.295 e. The molecular weight excluding hydrogens is 561 g/mol. The Kier molecular flexibility index (Phi) is 8.95. The van der Waals surface area contributed by atoms with Crippen LogP contribution in [0.2, 0.25) is 5.02 Å². The lowest BCUT2D eigenvalue weighted by Crippen LogP contribution is -2.59. The topological polar surface area (TPSA) is 88.4 Å². The van der Waals surface area contributed by atoms with Crippen LogP contribution in [-0.4, -0.2) is 76.0 Å². The lowest BCUT2D eigenvalue weighted by atomic mass is 9.74. The molecule has 1 aliphatic carbocycles. The SMILES string of the molecule is Cl.Cn1cc(S(=O)(=O)N2CCN(C3(CCC(=O)c4c(F)cc(Cl)cc4F)CCC(F)(F)CC3)CC2)nn1. The van der Waals surface area contributed by atoms with Crippen molar-refractivity contribution in [3.63, 3.8) is 0 Å². The summed E-state index contributed by atoms with van der Waals surface area (Å²) in [5, 5.41) is 6.98. The molecule has 2 fully saturated rings. The van der Waals surface area contributed by atoms with Gasteiger partial charge in [-0.3, -0.25) is 14.4 Å². The van der Waals surface area contributed by atoms with Gasteiger partial charge in [0.15, 0.2) is 5.78 Å². The molecule has 0 atom stereocenters. The molecule has 37 heavy (non-hydrogen) atoms. The summed E-state index contributed by atoms with van der Waals surface area (Å²) in [6.07, 6.45) is 0.546. The first kappa shape index (κ1) is 29.8. The molecule has 2 heterocycles. The molecule has 2 aliphatic rings. The van der Waals surface area contributed by atoms with E-state index in [9.17, 15) is 30.8 Å². The van der Waals surface area contributed by atoms with Crippen molar-refractivity contribution < 1.29 is 30.8 Å². The van der Waals surface area contributed by atoms with E-state index in [2.05, 4.69) is 10.3 Å². The largest absolute Gasteiger partial charge is 0.295 e. The van der Waals surface area contributed by atoms with E-state index in [1.807, 2.05) is 4.90 Å². The van der Waals surface area contributed by atoms with Crippen LogP contribution in [0.4, 0.5) is 17.6 Å². The molecule has 8 nitrogen and oxygen atoms in total. The van der Waals surface area contributed by atoms with Gasteiger partial charge in [-0.15, -0.1) is 17.5 Å². The van der Waals surface area contributed by atoms with Crippen LogP contribution in [0.3, 0.4) is 0 Å². The highest BCUT2D eigenvalue weighted by Crippen LogP contribution is 2.44. The molecule has 0 radical (unpaired) electrons. The van der Waals surface area contributed by atoms with Crippen LogP contribution in [0.15, 0.2) is 23.4 Å². The zero-order valence-electron chi connectivity index (χ0n) is 20.0. The van der Waals surface area contributed by atoms with Gasteiger partial charge in [0.05, 0.1) is 11.8 Å². The number of nitrogens with zero attached hydrogens (tertiary/aromatic N) is 5. The third-order valence-electron chi connectivity index (χ3n) is 7.11. The van der Waals surface area contributed by atoms with Gasteiger partial charge < -0.3 is 0 Å². The molecule has 1 aromatic carbocycles. The second kappa shape index (κ2) is 11.1. The van der Waals surface area contributed by atoms with Gasteiger partial charge in [-0.05, 0) is 31.4 Å². The fraction of sp³-hybridized carbons (Fsp3) is 0.591. The Morgan fingerprint density at radius 2 is 1.62 bits per heavy atom. The van der Waals surface area contributed by atoms with Crippen LogP contribution in [0.25, 0.3) is 0 Å². The number of aryl methyl sites for hydroxylation is 1. The number of halogens is 6. The molecule has 4 rings (SSSR count). The van der Waals surface area contributed by atoms with Gasteiger partial charge in [0.2, 0.25) is 10.9 Å². The van der Waals surface area contributed by atoms with Crippen LogP contribution in [0.5, 0.6) is 0 Å². The number of alkyl halides is 2. The van der Waals surface area contributed by atoms with Crippen LogP contribution in [-0.2, 0) is 17.1 Å². The van der Waals surface area contributed by atoms with Crippen molar-refractivity contribution >= 4 is 39.8 Å². The van der Waals surface area contributed by atoms with Gasteiger partial charge in [-0.1, -0.05) is 16.8 Å². The molecule has 0 spiro atoms. The van der Waals surface area contributed by atoms with E-state index in [4.69, 9.17) is 11.6 Å². The van der Waals surface area contributed by atoms with Crippen molar-refractivity contribution in [2.75, 3.05) is 26.2 Å². The minimum atomic E-state index is -3.86. The molecular formula is C22H27Cl2F4N5O3S. The van der Waals surface area contributed by atoms with Crippen LogP contribution in [0.1, 0.15) is 48.9 Å². The number of Topliss-reactive ketones (excluding diaryl/α,β-unsaturated/α-hetero) is 1. The predicted octanol–water partition coefficient (Wildman–Crippen LogP) is 4.09. The molecule has 15 heteroatoms. The average Bonchev–Trinajstić information content (AvgIpc) is 3.25. The lowest BCUT2D eigenvalue weighted by molar-refractivity contribution is -0.0891. The maximum atomic E-state index is 14.2. The molecule has 0 bridgehead atoms. The molecule has 1 aromatic heterocycles. The zero-order chi connectivity index (χ0) is 26.3. The van der Waals surface area contributed by atoms with Gasteiger partial charge in [0.1, 0.15) is 11.6 Å². The smallest absolute Gasteiger partial charge is 0.264 e. The van der Waals surface area contributed by atoms with Crippen LogP contribution < -0.4 is 0 Å². The highest BCUT2D eigenvalue weighted by molar-refractivity contribution is 7.89. The maximum Gasteiger partial charge on any atom is 0.264 e. The Hall–Kier alpha value is -1.80. The Morgan fingerprint density at radius 1 is 1.05 bits per heavy atom. The number of ketones is 1. The van der Waals surface area contributed by atoms with Gasteiger partial charge in [0.25, 0.3) is 10.0 Å². The van der Waals surface area contributed by atoms with E-state index < -0.39 is 44.5 Å². The van der Waals surface area contributed by atoms with Gasteiger partial charge >= 0.3 is 0 Å². The summed E-state index contributed by atoms with van der Waals surface area (Å²) in [4.78, 5) is 14.7. The quantitative estimate of drug-likeness (QED) is 0.358. The van der Waals surface area contributed by atoms with E-state index in [-0.39, 0.29) is 87.2 Å². The van der Waals surface area contributed by atoms with Crippen molar-refractivity contribution in [3.8, 4) is 0 Å². The number of hydrogen-bond donors (Lipinski definition) is 0. The van der Waals surface area contributed by atoms with Crippen LogP contribution >= 0.6 is 24.0 Å². The number of carbonyl (C=O) groups is 1. The summed E-state index contributed by atoms with van der Waals surface area (Å²) in [5.74, 6) is -5.75.